The van der Waals surface area contributed by atoms with Gasteiger partial charge >= 0.3 is 0 Å². The molecule has 7 heteroatoms. The molecule has 2 fully saturated rings. The molecule has 2 bridgehead atoms. The second kappa shape index (κ2) is 8.06. The van der Waals surface area contributed by atoms with Gasteiger partial charge in [0.15, 0.2) is 0 Å². The second-order valence-electron chi connectivity index (χ2n) is 8.92. The zero-order chi connectivity index (χ0) is 20.8. The SMILES string of the molecule is Cc1c(C(=O)NC2CC3CCC(C3)C2)c2cccc(Br)c2n1CCCS(C)(=O)=O. The Morgan fingerprint density at radius 2 is 1.90 bits per heavy atom. The fourth-order valence-corrected chi connectivity index (χ4v) is 6.66. The largest absolute Gasteiger partial charge is 0.349 e. The average molecular weight is 481 g/mol. The van der Waals surface area contributed by atoms with Crippen LogP contribution in [0.5, 0.6) is 0 Å². The van der Waals surface area contributed by atoms with Crippen LogP contribution in [0.2, 0.25) is 0 Å². The van der Waals surface area contributed by atoms with E-state index in [9.17, 15) is 13.2 Å². The van der Waals surface area contributed by atoms with Crippen LogP contribution in [-0.2, 0) is 16.4 Å². The van der Waals surface area contributed by atoms with Gasteiger partial charge in [-0.1, -0.05) is 25.0 Å². The molecule has 2 saturated carbocycles. The molecule has 0 aliphatic heterocycles. The summed E-state index contributed by atoms with van der Waals surface area (Å²) >= 11 is 3.63. The number of halogens is 1. The first kappa shape index (κ1) is 20.9. The molecule has 158 valence electrons. The summed E-state index contributed by atoms with van der Waals surface area (Å²) < 4.78 is 26.1. The summed E-state index contributed by atoms with van der Waals surface area (Å²) in [5.74, 6) is 1.68. The van der Waals surface area contributed by atoms with Crippen LogP contribution in [0.25, 0.3) is 10.9 Å². The van der Waals surface area contributed by atoms with Gasteiger partial charge in [0.05, 0.1) is 16.8 Å². The maximum absolute atomic E-state index is 13.3. The van der Waals surface area contributed by atoms with Gasteiger partial charge in [-0.25, -0.2) is 8.42 Å². The van der Waals surface area contributed by atoms with E-state index in [0.29, 0.717) is 13.0 Å². The summed E-state index contributed by atoms with van der Waals surface area (Å²) in [4.78, 5) is 13.3. The number of nitrogens with one attached hydrogen (secondary N) is 1. The summed E-state index contributed by atoms with van der Waals surface area (Å²) in [5.41, 5.74) is 2.59. The van der Waals surface area contributed by atoms with E-state index in [1.54, 1.807) is 0 Å². The molecule has 1 amide bonds. The first-order chi connectivity index (χ1) is 13.7. The summed E-state index contributed by atoms with van der Waals surface area (Å²) in [6, 6.07) is 6.17. The lowest BCUT2D eigenvalue weighted by Gasteiger charge is -2.28. The Labute approximate surface area is 181 Å². The monoisotopic (exact) mass is 480 g/mol. The van der Waals surface area contributed by atoms with Crippen LogP contribution in [0.1, 0.15) is 54.6 Å². The maximum Gasteiger partial charge on any atom is 0.253 e. The number of fused-ring (bicyclic) bond motifs is 3. The quantitative estimate of drug-likeness (QED) is 0.663. The van der Waals surface area contributed by atoms with Crippen molar-refractivity contribution in [3.63, 3.8) is 0 Å². The molecule has 5 nitrogen and oxygen atoms in total. The highest BCUT2D eigenvalue weighted by Gasteiger charge is 2.35. The number of amides is 1. The Balaban J connectivity index is 1.62. The van der Waals surface area contributed by atoms with Gasteiger partial charge in [0.25, 0.3) is 5.91 Å². The van der Waals surface area contributed by atoms with E-state index in [1.807, 2.05) is 25.1 Å². The first-order valence-electron chi connectivity index (χ1n) is 10.5. The van der Waals surface area contributed by atoms with Gasteiger partial charge in [0.2, 0.25) is 0 Å². The van der Waals surface area contributed by atoms with Crippen molar-refractivity contribution in [2.24, 2.45) is 11.8 Å². The molecule has 2 atom stereocenters. The molecule has 1 heterocycles. The van der Waals surface area contributed by atoms with Crippen LogP contribution in [0.3, 0.4) is 0 Å². The van der Waals surface area contributed by atoms with Gasteiger partial charge in [-0.3, -0.25) is 4.79 Å². The minimum absolute atomic E-state index is 0.00115. The number of hydrogen-bond donors (Lipinski definition) is 1. The number of para-hydroxylation sites is 1. The summed E-state index contributed by atoms with van der Waals surface area (Å²) in [7, 11) is -3.01. The van der Waals surface area contributed by atoms with E-state index in [2.05, 4.69) is 25.8 Å². The van der Waals surface area contributed by atoms with E-state index in [-0.39, 0.29) is 17.7 Å². The van der Waals surface area contributed by atoms with Crippen LogP contribution in [-0.4, -0.2) is 36.9 Å². The van der Waals surface area contributed by atoms with Crippen molar-refractivity contribution in [1.82, 2.24) is 9.88 Å². The van der Waals surface area contributed by atoms with Crippen molar-refractivity contribution in [1.29, 1.82) is 0 Å². The number of sulfone groups is 1. The van der Waals surface area contributed by atoms with Crippen molar-refractivity contribution in [3.05, 3.63) is 33.9 Å². The molecule has 1 N–H and O–H groups in total. The van der Waals surface area contributed by atoms with Gasteiger partial charge < -0.3 is 9.88 Å². The van der Waals surface area contributed by atoms with Crippen LogP contribution >= 0.6 is 15.9 Å². The highest BCUT2D eigenvalue weighted by atomic mass is 79.9. The Morgan fingerprint density at radius 3 is 2.55 bits per heavy atom. The predicted octanol–water partition coefficient (Wildman–Crippen LogP) is 4.46. The van der Waals surface area contributed by atoms with Crippen LogP contribution < -0.4 is 5.32 Å². The number of carbonyl (C=O) groups is 1. The van der Waals surface area contributed by atoms with Crippen molar-refractivity contribution in [3.8, 4) is 0 Å². The average Bonchev–Trinajstić information content (AvgIpc) is 3.11. The van der Waals surface area contributed by atoms with E-state index in [1.165, 1.54) is 25.5 Å². The molecule has 2 aromatic rings. The van der Waals surface area contributed by atoms with Crippen molar-refractivity contribution < 1.29 is 13.2 Å². The molecule has 0 saturated heterocycles. The Bertz CT molecular complexity index is 1030. The zero-order valence-corrected chi connectivity index (χ0v) is 19.5. The predicted molar refractivity (Wildman–Crippen MR) is 120 cm³/mol. The van der Waals surface area contributed by atoms with Crippen molar-refractivity contribution in [2.45, 2.75) is 58.0 Å². The van der Waals surface area contributed by atoms with Crippen molar-refractivity contribution >= 4 is 42.6 Å². The molecule has 1 aromatic carbocycles. The van der Waals surface area contributed by atoms with Crippen LogP contribution in [0, 0.1) is 18.8 Å². The minimum Gasteiger partial charge on any atom is -0.349 e. The Hall–Kier alpha value is -1.34. The number of nitrogens with zero attached hydrogens (tertiary/aromatic N) is 1. The Kier molecular flexibility index (Phi) is 5.81. The highest BCUT2D eigenvalue weighted by Crippen LogP contribution is 2.42. The number of carbonyl (C=O) groups excluding carboxylic acids is 1. The van der Waals surface area contributed by atoms with Crippen LogP contribution in [0.15, 0.2) is 22.7 Å². The van der Waals surface area contributed by atoms with Crippen LogP contribution in [0.4, 0.5) is 0 Å². The molecule has 0 radical (unpaired) electrons. The van der Waals surface area contributed by atoms with E-state index < -0.39 is 9.84 Å². The zero-order valence-electron chi connectivity index (χ0n) is 17.1. The molecule has 2 aliphatic rings. The fourth-order valence-electron chi connectivity index (χ4n) is 5.42. The molecule has 2 aliphatic carbocycles. The molecule has 29 heavy (non-hydrogen) atoms. The standard InChI is InChI=1S/C22H29BrN2O3S/c1-14-20(22(26)24-17-12-15-7-8-16(11-15)13-17)18-5-3-6-19(23)21(18)25(14)9-4-10-29(2,27)28/h3,5-6,15-17H,4,7-13H2,1-2H3,(H,24,26). The third-order valence-electron chi connectivity index (χ3n) is 6.64. The number of benzene rings is 1. The van der Waals surface area contributed by atoms with E-state index in [0.717, 1.165) is 51.3 Å². The van der Waals surface area contributed by atoms with E-state index >= 15 is 0 Å². The summed E-state index contributed by atoms with van der Waals surface area (Å²) in [6.07, 6.45) is 7.93. The topological polar surface area (TPSA) is 68.2 Å². The first-order valence-corrected chi connectivity index (χ1v) is 13.3. The lowest BCUT2D eigenvalue weighted by Crippen LogP contribution is -2.39. The third-order valence-corrected chi connectivity index (χ3v) is 8.31. The smallest absolute Gasteiger partial charge is 0.253 e. The van der Waals surface area contributed by atoms with Crippen molar-refractivity contribution in [2.75, 3.05) is 12.0 Å². The van der Waals surface area contributed by atoms with E-state index in [4.69, 9.17) is 0 Å². The molecule has 0 spiro atoms. The van der Waals surface area contributed by atoms with Gasteiger partial charge in [-0.15, -0.1) is 0 Å². The molecular weight excluding hydrogens is 452 g/mol. The Morgan fingerprint density at radius 1 is 1.21 bits per heavy atom. The van der Waals surface area contributed by atoms with Gasteiger partial charge in [-0.05, 0) is 66.4 Å². The molecule has 1 aromatic heterocycles. The maximum atomic E-state index is 13.3. The van der Waals surface area contributed by atoms with Gasteiger partial charge in [0.1, 0.15) is 9.84 Å². The summed E-state index contributed by atoms with van der Waals surface area (Å²) in [6.45, 7) is 2.53. The van der Waals surface area contributed by atoms with Gasteiger partial charge in [0, 0.05) is 34.4 Å². The molecular formula is C22H29BrN2O3S. The minimum atomic E-state index is -3.01. The number of aryl methyl sites for hydroxylation is 1. The lowest BCUT2D eigenvalue weighted by molar-refractivity contribution is 0.0919. The molecule has 4 rings (SSSR count). The molecule has 2 unspecified atom stereocenters. The number of rotatable bonds is 6. The highest BCUT2D eigenvalue weighted by molar-refractivity contribution is 9.10. The normalized spacial score (nSPS) is 24.2. The summed E-state index contributed by atoms with van der Waals surface area (Å²) in [5, 5.41) is 4.24. The number of aromatic nitrogens is 1. The second-order valence-corrected chi connectivity index (χ2v) is 12.0. The fraction of sp³-hybridized carbons (Fsp3) is 0.591. The van der Waals surface area contributed by atoms with Gasteiger partial charge in [-0.2, -0.15) is 0 Å². The lowest BCUT2D eigenvalue weighted by atomic mass is 9.85. The number of hydrogen-bond acceptors (Lipinski definition) is 3. The third kappa shape index (κ3) is 4.41.